The van der Waals surface area contributed by atoms with Crippen LogP contribution in [0.15, 0.2) is 54.6 Å². The summed E-state index contributed by atoms with van der Waals surface area (Å²) in [6.45, 7) is 0. The van der Waals surface area contributed by atoms with Crippen molar-refractivity contribution in [3.8, 4) is 0 Å². The maximum Gasteiger partial charge on any atom is 0.416 e. The number of aliphatic carboxylic acids is 2. The van der Waals surface area contributed by atoms with E-state index in [1.54, 1.807) is 30.3 Å². The minimum atomic E-state index is -4.66. The summed E-state index contributed by atoms with van der Waals surface area (Å²) in [6.07, 6.45) is -4.66. The largest absolute Gasteiger partial charge is 0.481 e. The average Bonchev–Trinajstić information content (AvgIpc) is 2.58. The van der Waals surface area contributed by atoms with Crippen LogP contribution in [-0.4, -0.2) is 35.2 Å². The zero-order valence-corrected chi connectivity index (χ0v) is 13.6. The SMILES string of the molecule is CN(c1ccccc1)C(C(=O)O)C(C(=O)O)c1cccc(C(F)(F)F)c1. The maximum absolute atomic E-state index is 12.9. The van der Waals surface area contributed by atoms with Crippen LogP contribution < -0.4 is 4.90 Å². The number of carbonyl (C=O) groups is 2. The summed E-state index contributed by atoms with van der Waals surface area (Å²) in [5.74, 6) is -4.68. The van der Waals surface area contributed by atoms with E-state index in [4.69, 9.17) is 0 Å². The van der Waals surface area contributed by atoms with E-state index >= 15 is 0 Å². The number of nitrogens with zero attached hydrogens (tertiary/aromatic N) is 1. The molecular weight excluding hydrogens is 351 g/mol. The van der Waals surface area contributed by atoms with Crippen LogP contribution in [0.25, 0.3) is 0 Å². The molecule has 2 rings (SSSR count). The minimum absolute atomic E-state index is 0.234. The van der Waals surface area contributed by atoms with Crippen molar-refractivity contribution in [2.24, 2.45) is 0 Å². The Balaban J connectivity index is 2.53. The second-order valence-corrected chi connectivity index (χ2v) is 5.67. The maximum atomic E-state index is 12.9. The van der Waals surface area contributed by atoms with E-state index in [1.807, 2.05) is 0 Å². The Kier molecular flexibility index (Phi) is 5.54. The number of rotatable bonds is 6. The Labute approximate surface area is 147 Å². The normalized spacial score (nSPS) is 13.7. The fraction of sp³-hybridized carbons (Fsp3) is 0.222. The average molecular weight is 367 g/mol. The van der Waals surface area contributed by atoms with Crippen LogP contribution in [0.4, 0.5) is 18.9 Å². The standard InChI is InChI=1S/C18H16F3NO4/c1-22(13-8-3-2-4-9-13)15(17(25)26)14(16(23)24)11-6-5-7-12(10-11)18(19,20)21/h2-10,14-15H,1H3,(H,23,24)(H,25,26). The summed E-state index contributed by atoms with van der Waals surface area (Å²) in [5, 5.41) is 19.2. The predicted molar refractivity (Wildman–Crippen MR) is 88.1 cm³/mol. The predicted octanol–water partition coefficient (Wildman–Crippen LogP) is 3.46. The van der Waals surface area contributed by atoms with Crippen LogP contribution in [0.2, 0.25) is 0 Å². The first-order valence-electron chi connectivity index (χ1n) is 7.53. The number of hydrogen-bond acceptors (Lipinski definition) is 3. The zero-order chi connectivity index (χ0) is 19.5. The number of carboxylic acid groups (broad SMARTS) is 2. The highest BCUT2D eigenvalue weighted by molar-refractivity contribution is 5.89. The lowest BCUT2D eigenvalue weighted by molar-refractivity contribution is -0.147. The molecule has 2 N–H and O–H groups in total. The second-order valence-electron chi connectivity index (χ2n) is 5.67. The molecule has 0 aliphatic heterocycles. The molecule has 0 bridgehead atoms. The van der Waals surface area contributed by atoms with Gasteiger partial charge in [-0.05, 0) is 23.8 Å². The number of carboxylic acids is 2. The van der Waals surface area contributed by atoms with E-state index in [9.17, 15) is 33.0 Å². The van der Waals surface area contributed by atoms with E-state index in [0.717, 1.165) is 12.1 Å². The van der Waals surface area contributed by atoms with Gasteiger partial charge in [0, 0.05) is 12.7 Å². The molecule has 0 spiro atoms. The molecule has 2 atom stereocenters. The van der Waals surface area contributed by atoms with Gasteiger partial charge in [0.15, 0.2) is 0 Å². The Hall–Kier alpha value is -3.03. The highest BCUT2D eigenvalue weighted by Gasteiger charge is 2.40. The highest BCUT2D eigenvalue weighted by atomic mass is 19.4. The molecule has 8 heteroatoms. The van der Waals surface area contributed by atoms with Crippen LogP contribution in [-0.2, 0) is 15.8 Å². The summed E-state index contributed by atoms with van der Waals surface area (Å²) in [4.78, 5) is 24.8. The molecule has 0 fully saturated rings. The summed E-state index contributed by atoms with van der Waals surface area (Å²) in [7, 11) is 1.39. The number of anilines is 1. The lowest BCUT2D eigenvalue weighted by atomic mass is 9.89. The number of hydrogen-bond donors (Lipinski definition) is 2. The number of alkyl halides is 3. The minimum Gasteiger partial charge on any atom is -0.481 e. The van der Waals surface area contributed by atoms with Crippen LogP contribution >= 0.6 is 0 Å². The molecule has 0 aliphatic carbocycles. The molecule has 2 aromatic rings. The van der Waals surface area contributed by atoms with E-state index in [1.165, 1.54) is 18.0 Å². The third-order valence-corrected chi connectivity index (χ3v) is 3.99. The summed E-state index contributed by atoms with van der Waals surface area (Å²) in [6, 6.07) is 10.3. The van der Waals surface area contributed by atoms with Crippen LogP contribution in [0.3, 0.4) is 0 Å². The Bertz CT molecular complexity index is 793. The van der Waals surface area contributed by atoms with Crippen molar-refractivity contribution in [1.29, 1.82) is 0 Å². The van der Waals surface area contributed by atoms with Gasteiger partial charge in [0.2, 0.25) is 0 Å². The third-order valence-electron chi connectivity index (χ3n) is 3.99. The Morgan fingerprint density at radius 1 is 0.962 bits per heavy atom. The van der Waals surface area contributed by atoms with Gasteiger partial charge in [0.05, 0.1) is 5.56 Å². The molecule has 0 amide bonds. The molecule has 0 aromatic heterocycles. The monoisotopic (exact) mass is 367 g/mol. The van der Waals surface area contributed by atoms with E-state index in [-0.39, 0.29) is 5.56 Å². The van der Waals surface area contributed by atoms with Crippen LogP contribution in [0.5, 0.6) is 0 Å². The van der Waals surface area contributed by atoms with Crippen molar-refractivity contribution < 1.29 is 33.0 Å². The van der Waals surface area contributed by atoms with Crippen molar-refractivity contribution in [2.45, 2.75) is 18.1 Å². The van der Waals surface area contributed by atoms with Crippen molar-refractivity contribution in [1.82, 2.24) is 0 Å². The molecule has 5 nitrogen and oxygen atoms in total. The molecule has 0 aliphatic rings. The molecule has 138 valence electrons. The van der Waals surface area contributed by atoms with E-state index in [0.29, 0.717) is 11.8 Å². The first-order valence-corrected chi connectivity index (χ1v) is 7.53. The molecule has 0 saturated heterocycles. The highest BCUT2D eigenvalue weighted by Crippen LogP contribution is 2.33. The second kappa shape index (κ2) is 7.47. The van der Waals surface area contributed by atoms with Crippen molar-refractivity contribution in [2.75, 3.05) is 11.9 Å². The van der Waals surface area contributed by atoms with E-state index < -0.39 is 35.6 Å². The van der Waals surface area contributed by atoms with Gasteiger partial charge in [-0.2, -0.15) is 13.2 Å². The van der Waals surface area contributed by atoms with Gasteiger partial charge in [-0.3, -0.25) is 4.79 Å². The Morgan fingerprint density at radius 2 is 1.58 bits per heavy atom. The fourth-order valence-electron chi connectivity index (χ4n) is 2.72. The Morgan fingerprint density at radius 3 is 2.08 bits per heavy atom. The summed E-state index contributed by atoms with van der Waals surface area (Å²) in [5.41, 5.74) is -0.839. The van der Waals surface area contributed by atoms with Crippen molar-refractivity contribution in [3.05, 3.63) is 65.7 Å². The number of benzene rings is 2. The lowest BCUT2D eigenvalue weighted by Gasteiger charge is -2.31. The van der Waals surface area contributed by atoms with Gasteiger partial charge in [0.1, 0.15) is 12.0 Å². The first-order chi connectivity index (χ1) is 12.1. The van der Waals surface area contributed by atoms with Crippen LogP contribution in [0, 0.1) is 0 Å². The number of halogens is 3. The van der Waals surface area contributed by atoms with Crippen molar-refractivity contribution >= 4 is 17.6 Å². The summed E-state index contributed by atoms with van der Waals surface area (Å²) >= 11 is 0. The fourth-order valence-corrected chi connectivity index (χ4v) is 2.72. The number of likely N-dealkylation sites (N-methyl/N-ethyl adjacent to an activating group) is 1. The molecule has 0 radical (unpaired) electrons. The molecule has 0 saturated carbocycles. The molecule has 26 heavy (non-hydrogen) atoms. The molecule has 0 heterocycles. The molecule has 2 aromatic carbocycles. The van der Waals surface area contributed by atoms with Gasteiger partial charge in [0.25, 0.3) is 0 Å². The van der Waals surface area contributed by atoms with Crippen molar-refractivity contribution in [3.63, 3.8) is 0 Å². The van der Waals surface area contributed by atoms with E-state index in [2.05, 4.69) is 0 Å². The van der Waals surface area contributed by atoms with Gasteiger partial charge in [-0.15, -0.1) is 0 Å². The molecular formula is C18H16F3NO4. The number of para-hydroxylation sites is 1. The van der Waals surface area contributed by atoms with Gasteiger partial charge in [-0.25, -0.2) is 4.79 Å². The quantitative estimate of drug-likeness (QED) is 0.818. The van der Waals surface area contributed by atoms with Gasteiger partial charge >= 0.3 is 18.1 Å². The zero-order valence-electron chi connectivity index (χ0n) is 13.6. The topological polar surface area (TPSA) is 77.8 Å². The third kappa shape index (κ3) is 4.14. The smallest absolute Gasteiger partial charge is 0.416 e. The van der Waals surface area contributed by atoms with Gasteiger partial charge in [-0.1, -0.05) is 36.4 Å². The molecule has 2 unspecified atom stereocenters. The van der Waals surface area contributed by atoms with Gasteiger partial charge < -0.3 is 15.1 Å². The lowest BCUT2D eigenvalue weighted by Crippen LogP contribution is -2.46. The van der Waals surface area contributed by atoms with Crippen LogP contribution in [0.1, 0.15) is 17.0 Å². The first kappa shape index (κ1) is 19.3. The summed E-state index contributed by atoms with van der Waals surface area (Å²) < 4.78 is 38.8.